The summed E-state index contributed by atoms with van der Waals surface area (Å²) < 4.78 is 30.8. The first-order chi connectivity index (χ1) is 7.91. The highest BCUT2D eigenvalue weighted by atomic mass is 19.1. The molecule has 4 nitrogen and oxygen atoms in total. The third kappa shape index (κ3) is 3.67. The Labute approximate surface area is 96.5 Å². The fraction of sp³-hybridized carbons (Fsp3) is 0.364. The Hall–Kier alpha value is -1.69. The van der Waals surface area contributed by atoms with E-state index in [0.29, 0.717) is 6.42 Å². The summed E-state index contributed by atoms with van der Waals surface area (Å²) in [5, 5.41) is 16.8. The van der Waals surface area contributed by atoms with Gasteiger partial charge in [-0.05, 0) is 0 Å². The van der Waals surface area contributed by atoms with Crippen molar-refractivity contribution < 1.29 is 28.5 Å². The average molecular weight is 246 g/mol. The van der Waals surface area contributed by atoms with E-state index in [1.807, 2.05) is 0 Å². The largest absolute Gasteiger partial charge is 0.493 e. The first-order valence-corrected chi connectivity index (χ1v) is 4.91. The van der Waals surface area contributed by atoms with Crippen LogP contribution >= 0.6 is 0 Å². The van der Waals surface area contributed by atoms with Crippen molar-refractivity contribution in [2.45, 2.75) is 19.4 Å². The van der Waals surface area contributed by atoms with Crippen LogP contribution in [0.15, 0.2) is 12.1 Å². The zero-order valence-corrected chi connectivity index (χ0v) is 9.11. The molecule has 2 rings (SSSR count). The van der Waals surface area contributed by atoms with E-state index in [0.717, 1.165) is 19.1 Å². The lowest BCUT2D eigenvalue weighted by Gasteiger charge is -2.22. The van der Waals surface area contributed by atoms with Gasteiger partial charge in [0.2, 0.25) is 0 Å². The van der Waals surface area contributed by atoms with E-state index < -0.39 is 23.7 Å². The smallest absolute Gasteiger partial charge is 0.300 e. The fourth-order valence-corrected chi connectivity index (χ4v) is 1.43. The number of ether oxygens (including phenoxy) is 1. The number of rotatable bonds is 0. The number of hydrogen-bond acceptors (Lipinski definition) is 3. The van der Waals surface area contributed by atoms with E-state index in [4.69, 9.17) is 14.6 Å². The lowest BCUT2D eigenvalue weighted by molar-refractivity contribution is -0.134. The number of fused-ring (bicyclic) bond motifs is 1. The zero-order valence-electron chi connectivity index (χ0n) is 9.11. The van der Waals surface area contributed by atoms with E-state index >= 15 is 0 Å². The predicted octanol–water partition coefficient (Wildman–Crippen LogP) is 1.87. The maximum atomic E-state index is 13.1. The molecule has 1 aliphatic heterocycles. The number of aliphatic carboxylic acids is 1. The molecule has 0 unspecified atom stereocenters. The van der Waals surface area contributed by atoms with Crippen LogP contribution in [0.2, 0.25) is 0 Å². The molecule has 17 heavy (non-hydrogen) atoms. The van der Waals surface area contributed by atoms with Gasteiger partial charge in [0.25, 0.3) is 5.97 Å². The first kappa shape index (κ1) is 13.4. The Bertz CT molecular complexity index is 416. The molecule has 1 aromatic carbocycles. The third-order valence-corrected chi connectivity index (χ3v) is 2.04. The highest BCUT2D eigenvalue weighted by Crippen LogP contribution is 2.34. The topological polar surface area (TPSA) is 66.8 Å². The van der Waals surface area contributed by atoms with Crippen molar-refractivity contribution in [1.29, 1.82) is 0 Å². The van der Waals surface area contributed by atoms with Crippen molar-refractivity contribution in [3.05, 3.63) is 29.3 Å². The molecule has 0 amide bonds. The van der Waals surface area contributed by atoms with Gasteiger partial charge in [0.05, 0.1) is 18.3 Å². The van der Waals surface area contributed by atoms with Gasteiger partial charge in [0.1, 0.15) is 17.4 Å². The number of carbonyl (C=O) groups is 1. The molecule has 1 aromatic rings. The number of aliphatic hydroxyl groups is 1. The van der Waals surface area contributed by atoms with Crippen LogP contribution in [-0.2, 0) is 4.79 Å². The number of aliphatic hydroxyl groups excluding tert-OH is 1. The van der Waals surface area contributed by atoms with Gasteiger partial charge in [0.15, 0.2) is 0 Å². The van der Waals surface area contributed by atoms with E-state index in [2.05, 4.69) is 0 Å². The van der Waals surface area contributed by atoms with Crippen molar-refractivity contribution in [3.8, 4) is 5.75 Å². The van der Waals surface area contributed by atoms with Crippen molar-refractivity contribution in [2.75, 3.05) is 6.61 Å². The molecular formula is C11H12F2O4. The van der Waals surface area contributed by atoms with Crippen LogP contribution in [0.3, 0.4) is 0 Å². The summed E-state index contributed by atoms with van der Waals surface area (Å²) >= 11 is 0. The highest BCUT2D eigenvalue weighted by molar-refractivity contribution is 5.62. The van der Waals surface area contributed by atoms with Crippen molar-refractivity contribution in [3.63, 3.8) is 0 Å². The molecule has 6 heteroatoms. The van der Waals surface area contributed by atoms with Gasteiger partial charge < -0.3 is 14.9 Å². The van der Waals surface area contributed by atoms with Gasteiger partial charge in [-0.3, -0.25) is 4.79 Å². The molecular weight excluding hydrogens is 234 g/mol. The minimum absolute atomic E-state index is 0.0626. The zero-order chi connectivity index (χ0) is 13.0. The lowest BCUT2D eigenvalue weighted by atomic mass is 10.0. The van der Waals surface area contributed by atoms with Gasteiger partial charge in [-0.1, -0.05) is 0 Å². The second-order valence-electron chi connectivity index (χ2n) is 3.47. The van der Waals surface area contributed by atoms with Crippen LogP contribution in [0.5, 0.6) is 5.75 Å². The summed E-state index contributed by atoms with van der Waals surface area (Å²) in [6.45, 7) is 1.37. The van der Waals surface area contributed by atoms with Crippen molar-refractivity contribution in [1.82, 2.24) is 0 Å². The summed E-state index contributed by atoms with van der Waals surface area (Å²) in [4.78, 5) is 9.00. The Morgan fingerprint density at radius 1 is 1.47 bits per heavy atom. The highest BCUT2D eigenvalue weighted by Gasteiger charge is 2.23. The van der Waals surface area contributed by atoms with Crippen LogP contribution < -0.4 is 4.74 Å². The standard InChI is InChI=1S/C9H8F2O2.C2H4O2/c10-5-3-6(11)9-7(12)1-2-13-8(9)4-5;1-2(3)4/h3-4,7,12H,1-2H2;1H3,(H,3,4)/t7-;/m1./s1. The Morgan fingerprint density at radius 2 is 2.06 bits per heavy atom. The Balaban J connectivity index is 0.000000317. The maximum Gasteiger partial charge on any atom is 0.300 e. The molecule has 0 aliphatic carbocycles. The number of carboxylic acid groups (broad SMARTS) is 1. The second kappa shape index (κ2) is 5.58. The fourth-order valence-electron chi connectivity index (χ4n) is 1.43. The molecule has 2 N–H and O–H groups in total. The summed E-state index contributed by atoms with van der Waals surface area (Å²) in [7, 11) is 0. The van der Waals surface area contributed by atoms with Gasteiger partial charge in [-0.25, -0.2) is 8.78 Å². The van der Waals surface area contributed by atoms with Gasteiger partial charge in [-0.15, -0.1) is 0 Å². The van der Waals surface area contributed by atoms with Crippen LogP contribution in [0, 0.1) is 11.6 Å². The first-order valence-electron chi connectivity index (χ1n) is 4.91. The monoisotopic (exact) mass is 246 g/mol. The summed E-state index contributed by atoms with van der Waals surface area (Å²) in [6, 6.07) is 1.83. The number of benzene rings is 1. The molecule has 94 valence electrons. The van der Waals surface area contributed by atoms with E-state index in [-0.39, 0.29) is 17.9 Å². The maximum absolute atomic E-state index is 13.1. The molecule has 0 spiro atoms. The van der Waals surface area contributed by atoms with E-state index in [9.17, 15) is 13.9 Å². The predicted molar refractivity (Wildman–Crippen MR) is 54.7 cm³/mol. The number of hydrogen-bond donors (Lipinski definition) is 2. The SMILES string of the molecule is CC(=O)O.O[C@@H]1CCOc2cc(F)cc(F)c21. The van der Waals surface area contributed by atoms with Crippen molar-refractivity contribution >= 4 is 5.97 Å². The van der Waals surface area contributed by atoms with Gasteiger partial charge in [-0.2, -0.15) is 0 Å². The molecule has 1 aliphatic rings. The van der Waals surface area contributed by atoms with E-state index in [1.54, 1.807) is 0 Å². The Kier molecular flexibility index (Phi) is 4.39. The third-order valence-electron chi connectivity index (χ3n) is 2.04. The van der Waals surface area contributed by atoms with Crippen LogP contribution in [0.1, 0.15) is 25.0 Å². The number of halogens is 2. The van der Waals surface area contributed by atoms with Crippen LogP contribution in [-0.4, -0.2) is 22.8 Å². The Morgan fingerprint density at radius 3 is 2.65 bits per heavy atom. The molecule has 1 atom stereocenters. The molecule has 0 saturated heterocycles. The van der Waals surface area contributed by atoms with Gasteiger partial charge in [0, 0.05) is 25.5 Å². The van der Waals surface area contributed by atoms with Gasteiger partial charge >= 0.3 is 0 Å². The minimum Gasteiger partial charge on any atom is -0.493 e. The molecule has 0 saturated carbocycles. The summed E-state index contributed by atoms with van der Waals surface area (Å²) in [6.07, 6.45) is -0.542. The summed E-state index contributed by atoms with van der Waals surface area (Å²) in [5.41, 5.74) is 0.0626. The molecule has 0 fully saturated rings. The molecule has 0 aromatic heterocycles. The number of carboxylic acids is 1. The second-order valence-corrected chi connectivity index (χ2v) is 3.47. The minimum atomic E-state index is -0.885. The average Bonchev–Trinajstić information content (AvgIpc) is 2.15. The molecule has 0 radical (unpaired) electrons. The molecule has 1 heterocycles. The summed E-state index contributed by atoms with van der Waals surface area (Å²) in [5.74, 6) is -2.16. The quantitative estimate of drug-likeness (QED) is 0.733. The van der Waals surface area contributed by atoms with Crippen LogP contribution in [0.4, 0.5) is 8.78 Å². The normalized spacial score (nSPS) is 17.3. The van der Waals surface area contributed by atoms with Crippen LogP contribution in [0.25, 0.3) is 0 Å². The lowest BCUT2D eigenvalue weighted by Crippen LogP contribution is -2.15. The van der Waals surface area contributed by atoms with Crippen molar-refractivity contribution in [2.24, 2.45) is 0 Å². The molecule has 0 bridgehead atoms. The van der Waals surface area contributed by atoms with E-state index in [1.165, 1.54) is 0 Å².